The summed E-state index contributed by atoms with van der Waals surface area (Å²) in [5.74, 6) is 0.0260. The fraction of sp³-hybridized carbons (Fsp3) is 0.400. The lowest BCUT2D eigenvalue weighted by molar-refractivity contribution is -0.138. The van der Waals surface area contributed by atoms with E-state index in [0.29, 0.717) is 31.1 Å². The molecule has 0 saturated carbocycles. The van der Waals surface area contributed by atoms with Crippen LogP contribution >= 0.6 is 0 Å². The lowest BCUT2D eigenvalue weighted by atomic mass is 10.1. The Bertz CT molecular complexity index is 612. The van der Waals surface area contributed by atoms with Crippen LogP contribution in [0.25, 0.3) is 0 Å². The third-order valence-corrected chi connectivity index (χ3v) is 3.66. The molecule has 110 valence electrons. The summed E-state index contributed by atoms with van der Waals surface area (Å²) in [5.41, 5.74) is 2.35. The minimum atomic E-state index is -0.0690. The van der Waals surface area contributed by atoms with E-state index in [-0.39, 0.29) is 18.4 Å². The van der Waals surface area contributed by atoms with Crippen molar-refractivity contribution in [3.05, 3.63) is 47.3 Å². The first kappa shape index (κ1) is 13.8. The molecule has 1 aliphatic rings. The van der Waals surface area contributed by atoms with Gasteiger partial charge < -0.3 is 9.64 Å². The molecule has 6 heteroatoms. The Morgan fingerprint density at radius 2 is 2.14 bits per heavy atom. The van der Waals surface area contributed by atoms with Gasteiger partial charge in [0, 0.05) is 6.54 Å². The third kappa shape index (κ3) is 3.11. The molecule has 3 rings (SSSR count). The van der Waals surface area contributed by atoms with Gasteiger partial charge >= 0.3 is 0 Å². The fourth-order valence-electron chi connectivity index (χ4n) is 2.41. The summed E-state index contributed by atoms with van der Waals surface area (Å²) in [6.07, 6.45) is 0.150. The number of hydrogen-bond donors (Lipinski definition) is 0. The van der Waals surface area contributed by atoms with Gasteiger partial charge in [-0.15, -0.1) is 0 Å². The second-order valence-electron chi connectivity index (χ2n) is 5.08. The maximum absolute atomic E-state index is 12.4. The zero-order valence-electron chi connectivity index (χ0n) is 11.9. The smallest absolute Gasteiger partial charge is 0.228 e. The number of ether oxygens (including phenoxy) is 1. The van der Waals surface area contributed by atoms with Gasteiger partial charge in [-0.1, -0.05) is 40.6 Å². The van der Waals surface area contributed by atoms with Crippen molar-refractivity contribution in [2.75, 3.05) is 19.7 Å². The van der Waals surface area contributed by atoms with Gasteiger partial charge in [-0.3, -0.25) is 4.79 Å². The summed E-state index contributed by atoms with van der Waals surface area (Å²) in [4.78, 5) is 14.2. The van der Waals surface area contributed by atoms with E-state index >= 15 is 0 Å². The third-order valence-electron chi connectivity index (χ3n) is 3.66. The number of benzene rings is 1. The first-order chi connectivity index (χ1) is 10.2. The van der Waals surface area contributed by atoms with Crippen molar-refractivity contribution in [2.24, 2.45) is 0 Å². The lowest BCUT2D eigenvalue weighted by Gasteiger charge is -2.33. The molecule has 21 heavy (non-hydrogen) atoms. The molecule has 0 unspecified atom stereocenters. The zero-order chi connectivity index (χ0) is 14.7. The van der Waals surface area contributed by atoms with E-state index in [0.717, 1.165) is 5.56 Å². The highest BCUT2D eigenvalue weighted by molar-refractivity contribution is 5.78. The molecule has 2 aromatic rings. The quantitative estimate of drug-likeness (QED) is 0.856. The van der Waals surface area contributed by atoms with Gasteiger partial charge in [-0.25, -0.2) is 4.63 Å². The van der Waals surface area contributed by atoms with Gasteiger partial charge in [0.15, 0.2) is 0 Å². The van der Waals surface area contributed by atoms with Crippen molar-refractivity contribution in [1.29, 1.82) is 0 Å². The topological polar surface area (TPSA) is 68.5 Å². The molecule has 2 heterocycles. The van der Waals surface area contributed by atoms with Crippen LogP contribution in [0.15, 0.2) is 35.0 Å². The molecule has 1 amide bonds. The molecule has 1 atom stereocenters. The second-order valence-corrected chi connectivity index (χ2v) is 5.08. The second kappa shape index (κ2) is 6.05. The summed E-state index contributed by atoms with van der Waals surface area (Å²) in [6.45, 7) is 3.49. The molecule has 6 nitrogen and oxygen atoms in total. The first-order valence-corrected chi connectivity index (χ1v) is 6.96. The molecular formula is C15H17N3O3. The molecule has 1 aromatic carbocycles. The number of carbonyl (C=O) groups excluding carboxylic acids is 1. The summed E-state index contributed by atoms with van der Waals surface area (Å²) < 4.78 is 10.4. The predicted molar refractivity (Wildman–Crippen MR) is 74.5 cm³/mol. The Morgan fingerprint density at radius 3 is 2.86 bits per heavy atom. The summed E-state index contributed by atoms with van der Waals surface area (Å²) in [6, 6.07) is 9.96. The van der Waals surface area contributed by atoms with Crippen LogP contribution in [0.2, 0.25) is 0 Å². The number of nitrogens with zero attached hydrogens (tertiary/aromatic N) is 3. The molecule has 0 spiro atoms. The molecular weight excluding hydrogens is 270 g/mol. The van der Waals surface area contributed by atoms with E-state index in [1.807, 2.05) is 35.2 Å². The van der Waals surface area contributed by atoms with Crippen LogP contribution in [0.1, 0.15) is 23.1 Å². The SMILES string of the molecule is Cc1nonc1CC(=O)N1CCO[C@@H](c2ccccc2)C1. The number of amides is 1. The Balaban J connectivity index is 1.66. The van der Waals surface area contributed by atoms with Crippen LogP contribution < -0.4 is 0 Å². The maximum Gasteiger partial charge on any atom is 0.228 e. The highest BCUT2D eigenvalue weighted by Crippen LogP contribution is 2.22. The normalized spacial score (nSPS) is 18.7. The highest BCUT2D eigenvalue weighted by Gasteiger charge is 2.26. The van der Waals surface area contributed by atoms with Gasteiger partial charge in [-0.05, 0) is 12.5 Å². The summed E-state index contributed by atoms with van der Waals surface area (Å²) in [7, 11) is 0. The van der Waals surface area contributed by atoms with Crippen LogP contribution in [0.4, 0.5) is 0 Å². The van der Waals surface area contributed by atoms with E-state index in [9.17, 15) is 4.79 Å². The van der Waals surface area contributed by atoms with Crippen molar-refractivity contribution in [2.45, 2.75) is 19.4 Å². The largest absolute Gasteiger partial charge is 0.370 e. The van der Waals surface area contributed by atoms with Gasteiger partial charge in [0.2, 0.25) is 5.91 Å². The molecule has 0 radical (unpaired) electrons. The van der Waals surface area contributed by atoms with Gasteiger partial charge in [0.1, 0.15) is 17.5 Å². The van der Waals surface area contributed by atoms with E-state index < -0.39 is 0 Å². The monoisotopic (exact) mass is 287 g/mol. The molecule has 0 aliphatic carbocycles. The maximum atomic E-state index is 12.4. The number of carbonyl (C=O) groups is 1. The number of aryl methyl sites for hydroxylation is 1. The van der Waals surface area contributed by atoms with Crippen LogP contribution in [0.5, 0.6) is 0 Å². The summed E-state index contributed by atoms with van der Waals surface area (Å²) in [5, 5.41) is 7.46. The Hall–Kier alpha value is -2.21. The van der Waals surface area contributed by atoms with Crippen LogP contribution in [0.3, 0.4) is 0 Å². The molecule has 1 saturated heterocycles. The lowest BCUT2D eigenvalue weighted by Crippen LogP contribution is -2.43. The number of hydrogen-bond acceptors (Lipinski definition) is 5. The van der Waals surface area contributed by atoms with E-state index in [2.05, 4.69) is 14.9 Å². The average Bonchev–Trinajstić information content (AvgIpc) is 2.93. The van der Waals surface area contributed by atoms with Crippen LogP contribution in [-0.2, 0) is 16.0 Å². The zero-order valence-corrected chi connectivity index (χ0v) is 11.9. The van der Waals surface area contributed by atoms with Crippen molar-refractivity contribution in [1.82, 2.24) is 15.2 Å². The van der Waals surface area contributed by atoms with Crippen molar-refractivity contribution >= 4 is 5.91 Å². The van der Waals surface area contributed by atoms with Gasteiger partial charge in [0.05, 0.1) is 19.6 Å². The average molecular weight is 287 g/mol. The Kier molecular flexibility index (Phi) is 3.96. The van der Waals surface area contributed by atoms with Crippen LogP contribution in [-0.4, -0.2) is 40.8 Å². The van der Waals surface area contributed by atoms with Crippen molar-refractivity contribution in [3.63, 3.8) is 0 Å². The first-order valence-electron chi connectivity index (χ1n) is 6.96. The van der Waals surface area contributed by atoms with E-state index in [4.69, 9.17) is 4.74 Å². The Labute approximate surface area is 122 Å². The molecule has 0 N–H and O–H groups in total. The number of rotatable bonds is 3. The van der Waals surface area contributed by atoms with Crippen LogP contribution in [0, 0.1) is 6.92 Å². The van der Waals surface area contributed by atoms with Gasteiger partial charge in [-0.2, -0.15) is 0 Å². The number of aromatic nitrogens is 2. The molecule has 1 aromatic heterocycles. The Morgan fingerprint density at radius 1 is 1.33 bits per heavy atom. The van der Waals surface area contributed by atoms with Crippen molar-refractivity contribution in [3.8, 4) is 0 Å². The predicted octanol–water partition coefficient (Wildman–Crippen LogP) is 1.52. The molecule has 1 aliphatic heterocycles. The highest BCUT2D eigenvalue weighted by atomic mass is 16.6. The molecule has 0 bridgehead atoms. The minimum Gasteiger partial charge on any atom is -0.370 e. The standard InChI is InChI=1S/C15H17N3O3/c1-11-13(17-21-16-11)9-15(19)18-7-8-20-14(10-18)12-5-3-2-4-6-12/h2-6,14H,7-10H2,1H3/t14-/m1/s1. The summed E-state index contributed by atoms with van der Waals surface area (Å²) >= 11 is 0. The molecule has 1 fully saturated rings. The number of morpholine rings is 1. The minimum absolute atomic E-state index is 0.0260. The fourth-order valence-corrected chi connectivity index (χ4v) is 2.41. The van der Waals surface area contributed by atoms with Crippen molar-refractivity contribution < 1.29 is 14.2 Å². The van der Waals surface area contributed by atoms with E-state index in [1.54, 1.807) is 6.92 Å². The van der Waals surface area contributed by atoms with Gasteiger partial charge in [0.25, 0.3) is 0 Å². The van der Waals surface area contributed by atoms with E-state index in [1.165, 1.54) is 0 Å².